The number of thioether (sulfide) groups is 1. The average molecular weight is 537 g/mol. The Morgan fingerprint density at radius 1 is 1.40 bits per heavy atom. The second kappa shape index (κ2) is 10.2. The molecule has 17 heteroatoms. The molecule has 35 heavy (non-hydrogen) atoms. The zero-order valence-corrected chi connectivity index (χ0v) is 21.2. The molecule has 2 unspecified atom stereocenters. The second-order valence-corrected chi connectivity index (χ2v) is 11.1. The van der Waals surface area contributed by atoms with Crippen LogP contribution in [0.4, 0.5) is 5.95 Å². The predicted molar refractivity (Wildman–Crippen MR) is 124 cm³/mol. The van der Waals surface area contributed by atoms with Crippen molar-refractivity contribution in [2.75, 3.05) is 31.8 Å². The zero-order valence-electron chi connectivity index (χ0n) is 19.5. The average Bonchev–Trinajstić information content (AvgIpc) is 3.26. The molecular formula is C18H29N6O9PS. The van der Waals surface area contributed by atoms with E-state index >= 15 is 0 Å². The first kappa shape index (κ1) is 27.7. The number of hydrogen-bond donors (Lipinski definition) is 5. The number of aliphatic hydroxyl groups is 3. The third kappa shape index (κ3) is 6.10. The number of imidazole rings is 1. The van der Waals surface area contributed by atoms with Crippen molar-refractivity contribution in [3.63, 3.8) is 0 Å². The van der Waals surface area contributed by atoms with Crippen molar-refractivity contribution in [1.82, 2.24) is 19.5 Å². The van der Waals surface area contributed by atoms with Crippen LogP contribution in [-0.4, -0.2) is 89.4 Å². The van der Waals surface area contributed by atoms with Crippen LogP contribution in [0.2, 0.25) is 0 Å². The number of methoxy groups -OCH3 is 1. The van der Waals surface area contributed by atoms with E-state index in [0.29, 0.717) is 0 Å². The van der Waals surface area contributed by atoms with Gasteiger partial charge in [0.1, 0.15) is 23.4 Å². The lowest BCUT2D eigenvalue weighted by molar-refractivity contribution is -0.124. The first-order valence-electron chi connectivity index (χ1n) is 10.3. The van der Waals surface area contributed by atoms with Crippen LogP contribution in [0.5, 0.6) is 5.88 Å². The summed E-state index contributed by atoms with van der Waals surface area (Å²) in [6.45, 7) is 3.36. The number of nitrogen functional groups attached to an aromatic ring is 1. The first-order valence-corrected chi connectivity index (χ1v) is 12.9. The highest BCUT2D eigenvalue weighted by molar-refractivity contribution is 8.13. The molecule has 15 nitrogen and oxygen atoms in total. The summed E-state index contributed by atoms with van der Waals surface area (Å²) in [6, 6.07) is 0. The standard InChI is InChI=1S/C18H29N6O9PS/c1-17(2,27)15(26)35-6-5-31-34(20,29)32-7-9-11(25)18(3,28)14(33-9)24-8-21-10-12(24)22-16(19)23-13(10)30-4/h8-9,11,14,25,27-28H,5-7H2,1-4H3,(H2,20,29)(H2,19,22,23)/t9-,11?,14-,18+,34?/m1/s1. The number of anilines is 1. The van der Waals surface area contributed by atoms with Gasteiger partial charge in [-0.2, -0.15) is 9.97 Å². The topological polar surface area (TPSA) is 227 Å². The molecule has 2 aromatic heterocycles. The van der Waals surface area contributed by atoms with Crippen LogP contribution < -0.4 is 16.0 Å². The third-order valence-electron chi connectivity index (χ3n) is 5.11. The molecule has 1 aliphatic rings. The highest BCUT2D eigenvalue weighted by atomic mass is 32.2. The number of carbonyl (C=O) groups is 1. The van der Waals surface area contributed by atoms with E-state index in [1.54, 1.807) is 0 Å². The van der Waals surface area contributed by atoms with Gasteiger partial charge in [0.2, 0.25) is 16.9 Å². The predicted octanol–water partition coefficient (Wildman–Crippen LogP) is -0.443. The molecule has 0 spiro atoms. The minimum atomic E-state index is -4.08. The third-order valence-corrected chi connectivity index (χ3v) is 7.30. The fourth-order valence-electron chi connectivity index (χ4n) is 3.29. The molecule has 1 saturated heterocycles. The van der Waals surface area contributed by atoms with Gasteiger partial charge >= 0.3 is 7.75 Å². The summed E-state index contributed by atoms with van der Waals surface area (Å²) in [5, 5.41) is 30.7. The normalized spacial score (nSPS) is 26.7. The fourth-order valence-corrected chi connectivity index (χ4v) is 4.89. The van der Waals surface area contributed by atoms with E-state index in [1.807, 2.05) is 0 Å². The van der Waals surface area contributed by atoms with E-state index < -0.39 is 49.1 Å². The molecule has 2 aromatic rings. The summed E-state index contributed by atoms with van der Waals surface area (Å²) in [6.07, 6.45) is -2.50. The summed E-state index contributed by atoms with van der Waals surface area (Å²) in [5.74, 6) is 0.0975. The molecule has 0 aromatic carbocycles. The minimum absolute atomic E-state index is 0.0782. The highest BCUT2D eigenvalue weighted by Crippen LogP contribution is 2.44. The number of ether oxygens (including phenoxy) is 2. The summed E-state index contributed by atoms with van der Waals surface area (Å²) < 4.78 is 34.9. The smallest absolute Gasteiger partial charge is 0.402 e. The Morgan fingerprint density at radius 3 is 2.71 bits per heavy atom. The molecule has 3 rings (SSSR count). The molecule has 7 N–H and O–H groups in total. The maximum absolute atomic E-state index is 12.4. The molecule has 0 aliphatic carbocycles. The van der Waals surface area contributed by atoms with Crippen LogP contribution in [0.3, 0.4) is 0 Å². The lowest BCUT2D eigenvalue weighted by Crippen LogP contribution is -2.44. The van der Waals surface area contributed by atoms with Crippen molar-refractivity contribution in [2.24, 2.45) is 5.50 Å². The van der Waals surface area contributed by atoms with Gasteiger partial charge in [0.15, 0.2) is 17.4 Å². The number of rotatable bonds is 10. The summed E-state index contributed by atoms with van der Waals surface area (Å²) in [5.41, 5.74) is 8.39. The maximum Gasteiger partial charge on any atom is 0.402 e. The Morgan fingerprint density at radius 2 is 2.09 bits per heavy atom. The van der Waals surface area contributed by atoms with Gasteiger partial charge in [0.05, 0.1) is 26.7 Å². The Kier molecular flexibility index (Phi) is 8.10. The Labute approximate surface area is 204 Å². The first-order chi connectivity index (χ1) is 16.2. The number of aliphatic hydroxyl groups excluding tert-OH is 1. The SMILES string of the molecule is COc1nc(N)nc2c1ncn2[C@@H]1O[C@H](COP(N)(=O)OCCSC(=O)C(C)(C)O)C(O)[C@]1(C)O. The van der Waals surface area contributed by atoms with Crippen LogP contribution in [0.15, 0.2) is 6.33 Å². The molecule has 0 bridgehead atoms. The number of fused-ring (bicyclic) bond motifs is 1. The zero-order chi connectivity index (χ0) is 26.2. The summed E-state index contributed by atoms with van der Waals surface area (Å²) in [7, 11) is -2.70. The van der Waals surface area contributed by atoms with Gasteiger partial charge in [0.25, 0.3) is 0 Å². The van der Waals surface area contributed by atoms with Gasteiger partial charge in [-0.3, -0.25) is 18.4 Å². The molecule has 0 radical (unpaired) electrons. The number of hydrogen-bond acceptors (Lipinski definition) is 14. The Bertz CT molecular complexity index is 1120. The molecule has 3 heterocycles. The van der Waals surface area contributed by atoms with Crippen molar-refractivity contribution >= 4 is 41.7 Å². The van der Waals surface area contributed by atoms with Gasteiger partial charge in [-0.25, -0.2) is 15.1 Å². The van der Waals surface area contributed by atoms with E-state index in [2.05, 4.69) is 15.0 Å². The van der Waals surface area contributed by atoms with Crippen molar-refractivity contribution in [3.05, 3.63) is 6.33 Å². The van der Waals surface area contributed by atoms with Gasteiger partial charge in [-0.1, -0.05) is 11.8 Å². The quantitative estimate of drug-likeness (QED) is 0.191. The van der Waals surface area contributed by atoms with Crippen LogP contribution in [0.25, 0.3) is 11.2 Å². The maximum atomic E-state index is 12.4. The Hall–Kier alpha value is -1.88. The summed E-state index contributed by atoms with van der Waals surface area (Å²) >= 11 is 0.790. The van der Waals surface area contributed by atoms with Crippen LogP contribution in [0, 0.1) is 0 Å². The van der Waals surface area contributed by atoms with E-state index in [0.717, 1.165) is 11.8 Å². The lowest BCUT2D eigenvalue weighted by Gasteiger charge is -2.27. The number of nitrogens with zero attached hydrogens (tertiary/aromatic N) is 4. The largest absolute Gasteiger partial charge is 0.479 e. The highest BCUT2D eigenvalue weighted by Gasteiger charge is 2.54. The molecule has 5 atom stereocenters. The summed E-state index contributed by atoms with van der Waals surface area (Å²) in [4.78, 5) is 23.9. The molecule has 1 aliphatic heterocycles. The van der Waals surface area contributed by atoms with E-state index in [9.17, 15) is 24.7 Å². The van der Waals surface area contributed by atoms with Gasteiger partial charge in [-0.05, 0) is 20.8 Å². The van der Waals surface area contributed by atoms with Crippen molar-refractivity contribution in [1.29, 1.82) is 0 Å². The van der Waals surface area contributed by atoms with Crippen molar-refractivity contribution in [3.8, 4) is 5.88 Å². The molecule has 1 fully saturated rings. The van der Waals surface area contributed by atoms with E-state index in [4.69, 9.17) is 29.8 Å². The van der Waals surface area contributed by atoms with E-state index in [1.165, 1.54) is 38.8 Å². The van der Waals surface area contributed by atoms with E-state index in [-0.39, 0.29) is 35.4 Å². The number of nitrogens with two attached hydrogens (primary N) is 2. The molecule has 196 valence electrons. The van der Waals surface area contributed by atoms with Gasteiger partial charge < -0.3 is 30.5 Å². The van der Waals surface area contributed by atoms with Crippen molar-refractivity contribution in [2.45, 2.75) is 50.4 Å². The van der Waals surface area contributed by atoms with Crippen LogP contribution in [0.1, 0.15) is 27.0 Å². The number of aromatic nitrogens is 4. The van der Waals surface area contributed by atoms with Gasteiger partial charge in [-0.15, -0.1) is 0 Å². The minimum Gasteiger partial charge on any atom is -0.479 e. The van der Waals surface area contributed by atoms with Crippen LogP contribution >= 0.6 is 19.5 Å². The fraction of sp³-hybridized carbons (Fsp3) is 0.667. The van der Waals surface area contributed by atoms with Gasteiger partial charge in [0, 0.05) is 5.75 Å². The second-order valence-electron chi connectivity index (χ2n) is 8.48. The van der Waals surface area contributed by atoms with Crippen LogP contribution in [-0.2, 0) is 23.1 Å². The Balaban J connectivity index is 1.65. The molecular weight excluding hydrogens is 507 g/mol. The number of carbonyl (C=O) groups excluding carboxylic acids is 1. The van der Waals surface area contributed by atoms with Crippen molar-refractivity contribution < 1.29 is 43.2 Å². The lowest BCUT2D eigenvalue weighted by atomic mass is 9.96. The molecule has 0 saturated carbocycles. The molecule has 0 amide bonds. The monoisotopic (exact) mass is 536 g/mol.